The zero-order chi connectivity index (χ0) is 14.7. The number of ether oxygens (including phenoxy) is 1. The predicted octanol–water partition coefficient (Wildman–Crippen LogP) is 3.74. The Morgan fingerprint density at radius 2 is 2.15 bits per heavy atom. The first-order valence-electron chi connectivity index (χ1n) is 6.62. The highest BCUT2D eigenvalue weighted by molar-refractivity contribution is 8.00. The average Bonchev–Trinajstić information content (AvgIpc) is 2.77. The maximum atomic E-state index is 11.9. The minimum absolute atomic E-state index is 0.169. The summed E-state index contributed by atoms with van der Waals surface area (Å²) in [5.41, 5.74) is 1.16. The number of nitrogens with zero attached hydrogens (tertiary/aromatic N) is 2. The molecule has 1 unspecified atom stereocenters. The lowest BCUT2D eigenvalue weighted by Gasteiger charge is -2.13. The van der Waals surface area contributed by atoms with Crippen molar-refractivity contribution in [2.45, 2.75) is 44.4 Å². The summed E-state index contributed by atoms with van der Waals surface area (Å²) >= 11 is 3.10. The van der Waals surface area contributed by atoms with E-state index >= 15 is 0 Å². The summed E-state index contributed by atoms with van der Waals surface area (Å²) in [6.45, 7) is 8.15. The standard InChI is InChI=1S/C14H18N2O2S2/c1-5-10(14(17)18-6-2)20-13-11-8(3)7-19-12(11)15-9(4)16-13/h7,10H,5-6H2,1-4H3. The van der Waals surface area contributed by atoms with Crippen LogP contribution in [0.5, 0.6) is 0 Å². The highest BCUT2D eigenvalue weighted by Crippen LogP contribution is 2.35. The second-order valence-corrected chi connectivity index (χ2v) is 6.49. The van der Waals surface area contributed by atoms with Crippen molar-refractivity contribution in [3.63, 3.8) is 0 Å². The third-order valence-electron chi connectivity index (χ3n) is 2.87. The van der Waals surface area contributed by atoms with Crippen LogP contribution in [0.15, 0.2) is 10.4 Å². The van der Waals surface area contributed by atoms with Crippen molar-refractivity contribution in [3.8, 4) is 0 Å². The van der Waals surface area contributed by atoms with E-state index < -0.39 is 0 Å². The molecule has 2 heterocycles. The maximum Gasteiger partial charge on any atom is 0.319 e. The van der Waals surface area contributed by atoms with E-state index in [2.05, 4.69) is 15.3 Å². The monoisotopic (exact) mass is 310 g/mol. The van der Waals surface area contributed by atoms with E-state index in [1.165, 1.54) is 11.8 Å². The Morgan fingerprint density at radius 3 is 2.80 bits per heavy atom. The van der Waals surface area contributed by atoms with E-state index in [0.717, 1.165) is 33.1 Å². The Kier molecular flexibility index (Phi) is 4.99. The van der Waals surface area contributed by atoms with Crippen molar-refractivity contribution in [2.75, 3.05) is 6.61 Å². The molecule has 0 radical (unpaired) electrons. The molecule has 0 aliphatic carbocycles. The number of carbonyl (C=O) groups is 1. The van der Waals surface area contributed by atoms with Crippen LogP contribution in [0.2, 0.25) is 0 Å². The van der Waals surface area contributed by atoms with Gasteiger partial charge in [-0.15, -0.1) is 11.3 Å². The smallest absolute Gasteiger partial charge is 0.319 e. The van der Waals surface area contributed by atoms with Gasteiger partial charge in [0.1, 0.15) is 20.9 Å². The van der Waals surface area contributed by atoms with Gasteiger partial charge >= 0.3 is 5.97 Å². The lowest BCUT2D eigenvalue weighted by atomic mass is 10.3. The highest BCUT2D eigenvalue weighted by Gasteiger charge is 2.22. The van der Waals surface area contributed by atoms with E-state index in [0.29, 0.717) is 6.61 Å². The molecular formula is C14H18N2O2S2. The summed E-state index contributed by atoms with van der Waals surface area (Å²) in [5.74, 6) is 0.567. The number of thioether (sulfide) groups is 1. The molecule has 0 N–H and O–H groups in total. The normalized spacial score (nSPS) is 12.6. The zero-order valence-electron chi connectivity index (χ0n) is 12.1. The summed E-state index contributed by atoms with van der Waals surface area (Å²) in [7, 11) is 0. The largest absolute Gasteiger partial charge is 0.465 e. The Labute approximate surface area is 127 Å². The van der Waals surface area contributed by atoms with Gasteiger partial charge in [-0.25, -0.2) is 9.97 Å². The van der Waals surface area contributed by atoms with Crippen molar-refractivity contribution >= 4 is 39.3 Å². The van der Waals surface area contributed by atoms with Crippen LogP contribution in [0, 0.1) is 13.8 Å². The topological polar surface area (TPSA) is 52.1 Å². The number of hydrogen-bond acceptors (Lipinski definition) is 6. The van der Waals surface area contributed by atoms with Gasteiger partial charge in [0, 0.05) is 5.39 Å². The summed E-state index contributed by atoms with van der Waals surface area (Å²) in [6.07, 6.45) is 0.719. The molecule has 108 valence electrons. The molecule has 0 fully saturated rings. The van der Waals surface area contributed by atoms with Gasteiger partial charge in [-0.05, 0) is 38.1 Å². The van der Waals surface area contributed by atoms with Crippen LogP contribution in [0.1, 0.15) is 31.7 Å². The molecule has 0 spiro atoms. The molecule has 4 nitrogen and oxygen atoms in total. The van der Waals surface area contributed by atoms with Gasteiger partial charge in [0.25, 0.3) is 0 Å². The van der Waals surface area contributed by atoms with Crippen LogP contribution in [-0.2, 0) is 9.53 Å². The van der Waals surface area contributed by atoms with Crippen LogP contribution in [0.25, 0.3) is 10.2 Å². The predicted molar refractivity (Wildman–Crippen MR) is 83.5 cm³/mol. The Balaban J connectivity index is 2.36. The number of fused-ring (bicyclic) bond motifs is 1. The average molecular weight is 310 g/mol. The molecule has 2 aromatic rings. The molecule has 0 aromatic carbocycles. The Hall–Kier alpha value is -1.14. The number of esters is 1. The van der Waals surface area contributed by atoms with Crippen molar-refractivity contribution in [2.24, 2.45) is 0 Å². The van der Waals surface area contributed by atoms with Gasteiger partial charge in [-0.3, -0.25) is 4.79 Å². The lowest BCUT2D eigenvalue weighted by molar-refractivity contribution is -0.142. The summed E-state index contributed by atoms with van der Waals surface area (Å²) in [6, 6.07) is 0. The van der Waals surface area contributed by atoms with Crippen molar-refractivity contribution in [1.29, 1.82) is 0 Å². The first-order valence-corrected chi connectivity index (χ1v) is 8.38. The fraction of sp³-hybridized carbons (Fsp3) is 0.500. The fourth-order valence-electron chi connectivity index (χ4n) is 1.90. The van der Waals surface area contributed by atoms with Crippen molar-refractivity contribution < 1.29 is 9.53 Å². The van der Waals surface area contributed by atoms with Gasteiger partial charge in [0.2, 0.25) is 0 Å². The summed E-state index contributed by atoms with van der Waals surface area (Å²) < 4.78 is 5.12. The van der Waals surface area contributed by atoms with E-state index in [-0.39, 0.29) is 11.2 Å². The SMILES string of the molecule is CCOC(=O)C(CC)Sc1nc(C)nc2scc(C)c12. The Bertz CT molecular complexity index is 625. The number of hydrogen-bond donors (Lipinski definition) is 0. The third kappa shape index (κ3) is 3.12. The number of rotatable bonds is 5. The zero-order valence-corrected chi connectivity index (χ0v) is 13.7. The van der Waals surface area contributed by atoms with Gasteiger partial charge in [0.05, 0.1) is 6.61 Å². The quantitative estimate of drug-likeness (QED) is 0.478. The fourth-order valence-corrected chi connectivity index (χ4v) is 4.09. The molecule has 0 aliphatic heterocycles. The number of carbonyl (C=O) groups excluding carboxylic acids is 1. The maximum absolute atomic E-state index is 11.9. The third-order valence-corrected chi connectivity index (χ3v) is 5.19. The Morgan fingerprint density at radius 1 is 1.40 bits per heavy atom. The van der Waals surface area contributed by atoms with Crippen molar-refractivity contribution in [3.05, 3.63) is 16.8 Å². The minimum atomic E-state index is -0.216. The molecule has 0 saturated carbocycles. The number of aryl methyl sites for hydroxylation is 2. The minimum Gasteiger partial charge on any atom is -0.465 e. The lowest BCUT2D eigenvalue weighted by Crippen LogP contribution is -2.19. The second kappa shape index (κ2) is 6.54. The van der Waals surface area contributed by atoms with Gasteiger partial charge in [-0.2, -0.15) is 0 Å². The van der Waals surface area contributed by atoms with E-state index in [4.69, 9.17) is 4.74 Å². The van der Waals surface area contributed by atoms with Crippen molar-refractivity contribution in [1.82, 2.24) is 9.97 Å². The van der Waals surface area contributed by atoms with Crippen LogP contribution in [-0.4, -0.2) is 27.8 Å². The summed E-state index contributed by atoms with van der Waals surface area (Å²) in [4.78, 5) is 21.9. The van der Waals surface area contributed by atoms with Crippen LogP contribution in [0.4, 0.5) is 0 Å². The van der Waals surface area contributed by atoms with Crippen LogP contribution in [0.3, 0.4) is 0 Å². The molecule has 1 atom stereocenters. The molecular weight excluding hydrogens is 292 g/mol. The number of thiophene rings is 1. The molecule has 6 heteroatoms. The molecule has 20 heavy (non-hydrogen) atoms. The summed E-state index contributed by atoms with van der Waals surface area (Å²) in [5, 5.41) is 3.81. The number of aromatic nitrogens is 2. The molecule has 0 bridgehead atoms. The van der Waals surface area contributed by atoms with Gasteiger partial charge in [0.15, 0.2) is 0 Å². The van der Waals surface area contributed by atoms with Crippen LogP contribution >= 0.6 is 23.1 Å². The molecule has 2 rings (SSSR count). The first-order chi connectivity index (χ1) is 9.56. The van der Waals surface area contributed by atoms with E-state index in [9.17, 15) is 4.79 Å². The van der Waals surface area contributed by atoms with Gasteiger partial charge < -0.3 is 4.74 Å². The second-order valence-electron chi connectivity index (χ2n) is 4.44. The van der Waals surface area contributed by atoms with Gasteiger partial charge in [-0.1, -0.05) is 18.7 Å². The highest BCUT2D eigenvalue weighted by atomic mass is 32.2. The van der Waals surface area contributed by atoms with E-state index in [1.807, 2.05) is 27.7 Å². The van der Waals surface area contributed by atoms with Crippen LogP contribution < -0.4 is 0 Å². The molecule has 0 aliphatic rings. The van der Waals surface area contributed by atoms with E-state index in [1.54, 1.807) is 11.3 Å². The first kappa shape index (κ1) is 15.3. The molecule has 2 aromatic heterocycles. The molecule has 0 saturated heterocycles. The molecule has 0 amide bonds.